The molecule has 0 radical (unpaired) electrons. The van der Waals surface area contributed by atoms with Gasteiger partial charge in [-0.15, -0.1) is 0 Å². The van der Waals surface area contributed by atoms with Gasteiger partial charge >= 0.3 is 7.12 Å². The summed E-state index contributed by atoms with van der Waals surface area (Å²) in [5.41, 5.74) is 12.7. The van der Waals surface area contributed by atoms with Crippen molar-refractivity contribution in [2.75, 3.05) is 146 Å². The summed E-state index contributed by atoms with van der Waals surface area (Å²) in [7, 11) is -7.85. The van der Waals surface area contributed by atoms with Crippen LogP contribution in [-0.4, -0.2) is 289 Å². The Balaban J connectivity index is 0.000000143. The van der Waals surface area contributed by atoms with Gasteiger partial charge < -0.3 is 110 Å². The summed E-state index contributed by atoms with van der Waals surface area (Å²) in [5.74, 6) is 1.76. The lowest BCUT2D eigenvalue weighted by molar-refractivity contribution is 0.00794. The van der Waals surface area contributed by atoms with E-state index in [1.165, 1.54) is 0 Å². The van der Waals surface area contributed by atoms with Crippen molar-refractivity contribution in [1.82, 2.24) is 29.1 Å². The van der Waals surface area contributed by atoms with Crippen molar-refractivity contribution in [2.45, 2.75) is 216 Å². The van der Waals surface area contributed by atoms with Gasteiger partial charge in [0.25, 0.3) is 0 Å². The van der Waals surface area contributed by atoms with Gasteiger partial charge in [0.1, 0.15) is 61.3 Å². The lowest BCUT2D eigenvalue weighted by atomic mass is 9.80. The van der Waals surface area contributed by atoms with Crippen LogP contribution in [0.2, 0.25) is 92.8 Å². The number of hydrogen-bond donors (Lipinski definition) is 4. The first-order valence-electron chi connectivity index (χ1n) is 46.3. The minimum Gasteiger partial charge on any atom is -0.470 e. The molecule has 12 atom stereocenters. The number of H-pyrrole nitrogens is 1. The Labute approximate surface area is 789 Å². The summed E-state index contributed by atoms with van der Waals surface area (Å²) in [6, 6.07) is 37.0. The highest BCUT2D eigenvalue weighted by atomic mass is 35.5. The number of hydrogen-bond acceptors (Lipinski definition) is 25. The van der Waals surface area contributed by atoms with E-state index in [9.17, 15) is 5.11 Å². The zero-order valence-corrected chi connectivity index (χ0v) is 84.3. The second kappa shape index (κ2) is 42.3. The third-order valence-corrected chi connectivity index (χ3v) is 39.5. The smallest absolute Gasteiger partial charge is 0.470 e. The summed E-state index contributed by atoms with van der Waals surface area (Å²) in [5, 5.41) is 28.2. The largest absolute Gasteiger partial charge is 0.488 e. The van der Waals surface area contributed by atoms with Crippen LogP contribution in [0.5, 0.6) is 17.6 Å². The maximum Gasteiger partial charge on any atom is 0.488 e. The van der Waals surface area contributed by atoms with E-state index in [1.54, 1.807) is 24.3 Å². The molecule has 6 aromatic heterocycles. The Hall–Kier alpha value is -8.42. The fourth-order valence-corrected chi connectivity index (χ4v) is 21.2. The SMILES string of the molecule is OB(O)c1ccc(N2CCOCC2)cc1.[C-]#[N+]c1cc2[nH]c(O[C@@H]3CO[C@H]4[C@@H]3OC[C@H]4O)cc2nc1-c1ccc(N2CCOCC2)cc1.[C-]#[N+]c1cc2c(cc(O[C@@H]3CO[C@H]4[C@@H]3OC[C@H]4O[Si](C)(C)C(C)(C)C)n2COCC[Si](C)(C)C)nc1-c1ccc(N2CCOCC2)cc1.[C-]#[N+]c1cc2c(cc(O[C@@H]3CO[C@H]4[C@@H]3OC[C@H]4O[Si](C)(C)C(C)(C)C)n2COCC[Si](C)(C)C)nc1Cl. The second-order valence-electron chi connectivity index (χ2n) is 40.8. The number of fused-ring (bicyclic) bond motifs is 6. The lowest BCUT2D eigenvalue weighted by Gasteiger charge is -2.39. The molecule has 18 rings (SSSR count). The molecule has 9 fully saturated rings. The number of ether oxygens (including phenoxy) is 14. The van der Waals surface area contributed by atoms with Gasteiger partial charge in [-0.05, 0) is 120 Å². The molecule has 133 heavy (non-hydrogen) atoms. The first kappa shape index (κ1) is 99.1. The van der Waals surface area contributed by atoms with Crippen LogP contribution >= 0.6 is 11.6 Å². The number of benzene rings is 3. The minimum atomic E-state index is -2.00. The Kier molecular flexibility index (Phi) is 31.5. The topological polar surface area (TPSA) is 295 Å². The molecule has 0 bridgehead atoms. The maximum absolute atomic E-state index is 9.93. The van der Waals surface area contributed by atoms with E-state index in [-0.39, 0.29) is 89.0 Å². The molecule has 3 aromatic carbocycles. The monoisotopic (exact) mass is 1910 g/mol. The van der Waals surface area contributed by atoms with E-state index >= 15 is 0 Å². The summed E-state index contributed by atoms with van der Waals surface area (Å²) in [6.07, 6.45) is -3.16. The quantitative estimate of drug-likeness (QED) is 0.0169. The van der Waals surface area contributed by atoms with Crippen LogP contribution in [0, 0.1) is 19.7 Å². The number of morpholine rings is 3. The summed E-state index contributed by atoms with van der Waals surface area (Å²) in [6.45, 7) is 73.7. The number of aromatic amines is 1. The van der Waals surface area contributed by atoms with Crippen LogP contribution in [0.4, 0.5) is 34.1 Å². The number of aromatic nitrogens is 6. The number of anilines is 3. The van der Waals surface area contributed by atoms with Gasteiger partial charge in [-0.2, -0.15) is 0 Å². The predicted octanol–water partition coefficient (Wildman–Crippen LogP) is 15.6. The molecule has 0 amide bonds. The molecular weight excluding hydrogens is 1780 g/mol. The molecule has 15 heterocycles. The molecule has 9 aliphatic heterocycles. The van der Waals surface area contributed by atoms with Gasteiger partial charge in [0, 0.05) is 104 Å². The molecule has 714 valence electrons. The zero-order chi connectivity index (χ0) is 94.5. The Morgan fingerprint density at radius 1 is 0.451 bits per heavy atom. The lowest BCUT2D eigenvalue weighted by Crippen LogP contribution is -2.47. The molecule has 9 aromatic rings. The van der Waals surface area contributed by atoms with Crippen LogP contribution < -0.4 is 34.4 Å². The van der Waals surface area contributed by atoms with Gasteiger partial charge in [-0.25, -0.2) is 19.5 Å². The van der Waals surface area contributed by atoms with Gasteiger partial charge in [0.15, 0.2) is 52.6 Å². The summed E-state index contributed by atoms with van der Waals surface area (Å²) >= 11 is 6.23. The molecule has 37 heteroatoms. The first-order chi connectivity index (χ1) is 63.4. The number of rotatable bonds is 26. The highest BCUT2D eigenvalue weighted by Crippen LogP contribution is 2.46. The number of nitrogens with zero attached hydrogens (tertiary/aromatic N) is 11. The fourth-order valence-electron chi connectivity index (χ4n) is 16.9. The molecule has 0 unspecified atom stereocenters. The van der Waals surface area contributed by atoms with Crippen molar-refractivity contribution in [2.24, 2.45) is 0 Å². The van der Waals surface area contributed by atoms with Gasteiger partial charge in [-0.3, -0.25) is 19.1 Å². The molecule has 31 nitrogen and oxygen atoms in total. The zero-order valence-electron chi connectivity index (χ0n) is 79.5. The van der Waals surface area contributed by atoms with Crippen molar-refractivity contribution in [3.63, 3.8) is 0 Å². The average molecular weight is 1910 g/mol. The van der Waals surface area contributed by atoms with Crippen LogP contribution in [0.25, 0.3) is 70.2 Å². The normalized spacial score (nSPS) is 23.8. The Morgan fingerprint density at radius 2 is 0.812 bits per heavy atom. The van der Waals surface area contributed by atoms with Gasteiger partial charge in [-0.1, -0.05) is 129 Å². The molecule has 9 saturated heterocycles. The van der Waals surface area contributed by atoms with Crippen molar-refractivity contribution in [3.8, 4) is 40.2 Å². The summed E-state index contributed by atoms with van der Waals surface area (Å²) in [4.78, 5) is 35.4. The average Bonchev–Trinajstić information content (AvgIpc) is 1.61. The van der Waals surface area contributed by atoms with E-state index in [0.29, 0.717) is 122 Å². The molecule has 4 N–H and O–H groups in total. The van der Waals surface area contributed by atoms with E-state index in [1.807, 2.05) is 57.7 Å². The van der Waals surface area contributed by atoms with E-state index in [2.05, 4.69) is 183 Å². The fraction of sp³-hybridized carbons (Fsp3) is 0.562. The molecular formula is C96H130BClN12O19Si4. The van der Waals surface area contributed by atoms with E-state index in [0.717, 1.165) is 141 Å². The number of nitrogens with one attached hydrogen (secondary N) is 1. The van der Waals surface area contributed by atoms with Crippen LogP contribution in [-0.2, 0) is 74.4 Å². The Bertz CT molecular complexity index is 5580. The van der Waals surface area contributed by atoms with Crippen LogP contribution in [0.3, 0.4) is 0 Å². The number of pyridine rings is 3. The maximum atomic E-state index is 9.93. The Morgan fingerprint density at radius 3 is 1.23 bits per heavy atom. The third-order valence-electron chi connectivity index (χ3n) is 26.8. The third kappa shape index (κ3) is 23.7. The number of halogens is 1. The molecule has 0 aliphatic carbocycles. The molecule has 9 aliphatic rings. The number of aliphatic hydroxyl groups excluding tert-OH is 1. The second-order valence-corrected chi connectivity index (χ2v) is 61.9. The van der Waals surface area contributed by atoms with Gasteiger partial charge in [0.2, 0.25) is 17.1 Å². The molecule has 0 spiro atoms. The predicted molar refractivity (Wildman–Crippen MR) is 526 cm³/mol. The van der Waals surface area contributed by atoms with Crippen LogP contribution in [0.15, 0.2) is 109 Å². The van der Waals surface area contributed by atoms with Gasteiger partial charge in [0.05, 0.1) is 156 Å². The van der Waals surface area contributed by atoms with Crippen LogP contribution in [0.1, 0.15) is 41.5 Å². The highest BCUT2D eigenvalue weighted by molar-refractivity contribution is 6.76. The van der Waals surface area contributed by atoms with Crippen molar-refractivity contribution >= 4 is 124 Å². The molecule has 0 saturated carbocycles. The van der Waals surface area contributed by atoms with Crippen molar-refractivity contribution in [1.29, 1.82) is 0 Å². The first-order valence-corrected chi connectivity index (χ1v) is 60.0. The van der Waals surface area contributed by atoms with E-state index < -0.39 is 46.0 Å². The highest BCUT2D eigenvalue weighted by Gasteiger charge is 2.55. The standard InChI is InChI=1S/C36H52N4O6Si2.C26H40ClN3O5Si2.C24H24N4O5.C10H14BNO3/c1-36(2,3)48(8,9)46-31-23-44-34-30(22-43-35(31)34)45-32-21-27-29(40(32)24-42-18-19-47(5,6)7)20-28(37-4)33(38-27)25-10-12-26(13-11-25)39-14-16-41-17-15-39;1-26(2,3)37(8,9)35-21-15-33-23-20(14-32-24(21)23)34-22-13-17-19(12-18(28-4)25(27)29-17)30(22)16-31-10-11-36(5,6)7;1-25-18-10-16-17(11-21(26-16)33-20-13-32-23-19(29)12-31-24(20)23)27-22(18)14-2-4-15(5-3-14)28-6-8-30-9-7-28;13-11(14)9-1-3-10(4-2-9)12-5-7-15-8-6-12/h10-13,20-21,30-31,34-35H,14-19,22-24H2,1-3,5-9H3;12-13,20-21,23-24H,10-11,14-16H2,1-3,5-9H3;2-5,10-11,19-20,23-24,26,29H,6-9,12-13H2;1-4,13-14H,5-8H2/t30-,31-,34-,35-;20-,21-,23-,24-;19-,20-,23-,24-;/m111./s1. The summed E-state index contributed by atoms with van der Waals surface area (Å²) < 4.78 is 101. The van der Waals surface area contributed by atoms with E-state index in [4.69, 9.17) is 127 Å². The van der Waals surface area contributed by atoms with Crippen molar-refractivity contribution in [3.05, 3.63) is 149 Å². The number of aliphatic hydroxyl groups is 1. The minimum absolute atomic E-state index is 0.0941. The van der Waals surface area contributed by atoms with Crippen molar-refractivity contribution < 1.29 is 90.3 Å².